The number of anilines is 1. The zero-order valence-corrected chi connectivity index (χ0v) is 13.0. The molecular weight excluding hydrogens is 300 g/mol. The molecule has 0 saturated heterocycles. The fraction of sp³-hybridized carbons (Fsp3) is 0.200. The summed E-state index contributed by atoms with van der Waals surface area (Å²) in [6.07, 6.45) is 0. The van der Waals surface area contributed by atoms with Crippen LogP contribution in [-0.2, 0) is 11.3 Å². The number of hydrogen-bond acceptors (Lipinski definition) is 5. The van der Waals surface area contributed by atoms with Crippen LogP contribution in [0.3, 0.4) is 0 Å². The molecule has 0 bridgehead atoms. The van der Waals surface area contributed by atoms with Crippen molar-refractivity contribution in [3.05, 3.63) is 51.9 Å². The van der Waals surface area contributed by atoms with Gasteiger partial charge in [0.05, 0.1) is 15.9 Å². The number of thiazole rings is 1. The second-order valence-electron chi connectivity index (χ2n) is 5.01. The Labute approximate surface area is 130 Å². The lowest BCUT2D eigenvalue weighted by atomic mass is 10.2. The van der Waals surface area contributed by atoms with E-state index in [4.69, 9.17) is 0 Å². The first-order valence-corrected chi connectivity index (χ1v) is 7.55. The molecule has 0 spiro atoms. The zero-order chi connectivity index (χ0) is 15.7. The van der Waals surface area contributed by atoms with Crippen LogP contribution in [0.1, 0.15) is 11.3 Å². The minimum absolute atomic E-state index is 0.129. The van der Waals surface area contributed by atoms with Crippen molar-refractivity contribution in [2.24, 2.45) is 0 Å². The molecule has 0 saturated carbocycles. The molecule has 7 heteroatoms. The van der Waals surface area contributed by atoms with Crippen LogP contribution in [0, 0.1) is 13.8 Å². The average Bonchev–Trinajstić information content (AvgIpc) is 2.84. The predicted molar refractivity (Wildman–Crippen MR) is 86.2 cm³/mol. The van der Waals surface area contributed by atoms with Crippen LogP contribution < -0.4 is 10.9 Å². The van der Waals surface area contributed by atoms with Crippen LogP contribution in [0.5, 0.6) is 0 Å². The van der Waals surface area contributed by atoms with E-state index >= 15 is 0 Å². The molecule has 0 radical (unpaired) electrons. The summed E-state index contributed by atoms with van der Waals surface area (Å²) in [5.74, 6) is -0.323. The van der Waals surface area contributed by atoms with E-state index < -0.39 is 0 Å². The second kappa shape index (κ2) is 5.69. The molecule has 0 unspecified atom stereocenters. The molecule has 6 nitrogen and oxygen atoms in total. The van der Waals surface area contributed by atoms with Crippen molar-refractivity contribution in [1.82, 2.24) is 14.8 Å². The molecule has 2 aromatic heterocycles. The van der Waals surface area contributed by atoms with Crippen molar-refractivity contribution in [2.45, 2.75) is 20.4 Å². The third-order valence-corrected chi connectivity index (χ3v) is 4.02. The number of fused-ring (bicyclic) bond motifs is 1. The van der Waals surface area contributed by atoms with Gasteiger partial charge in [0.25, 0.3) is 5.56 Å². The van der Waals surface area contributed by atoms with E-state index in [-0.39, 0.29) is 18.0 Å². The van der Waals surface area contributed by atoms with Crippen molar-refractivity contribution in [3.8, 4) is 0 Å². The molecule has 3 rings (SSSR count). The van der Waals surface area contributed by atoms with E-state index in [9.17, 15) is 9.59 Å². The van der Waals surface area contributed by atoms with Crippen LogP contribution in [0.2, 0.25) is 0 Å². The Kier molecular flexibility index (Phi) is 3.72. The SMILES string of the molecule is Cc1ccc2nc(NC(=O)Cn3nc(C)ccc3=O)sc2c1. The molecule has 3 aromatic rings. The highest BCUT2D eigenvalue weighted by molar-refractivity contribution is 7.22. The molecule has 0 aliphatic rings. The Balaban J connectivity index is 1.78. The van der Waals surface area contributed by atoms with Gasteiger partial charge in [0.15, 0.2) is 5.13 Å². The fourth-order valence-corrected chi connectivity index (χ4v) is 3.02. The van der Waals surface area contributed by atoms with Gasteiger partial charge in [0, 0.05) is 6.07 Å². The fourth-order valence-electron chi connectivity index (χ4n) is 2.04. The molecule has 2 heterocycles. The number of hydrogen-bond donors (Lipinski definition) is 1. The number of aromatic nitrogens is 3. The molecule has 0 fully saturated rings. The summed E-state index contributed by atoms with van der Waals surface area (Å²) in [4.78, 5) is 28.0. The summed E-state index contributed by atoms with van der Waals surface area (Å²) in [7, 11) is 0. The maximum absolute atomic E-state index is 12.0. The number of benzene rings is 1. The van der Waals surface area contributed by atoms with Gasteiger partial charge in [-0.2, -0.15) is 5.10 Å². The maximum Gasteiger partial charge on any atom is 0.267 e. The highest BCUT2D eigenvalue weighted by Crippen LogP contribution is 2.26. The summed E-state index contributed by atoms with van der Waals surface area (Å²) < 4.78 is 2.16. The largest absolute Gasteiger partial charge is 0.300 e. The molecule has 1 amide bonds. The van der Waals surface area contributed by atoms with Gasteiger partial charge in [-0.3, -0.25) is 9.59 Å². The summed E-state index contributed by atoms with van der Waals surface area (Å²) in [6.45, 7) is 3.65. The number of carbonyl (C=O) groups excluding carboxylic acids is 1. The standard InChI is InChI=1S/C15H14N4O2S/c1-9-3-5-11-12(7-9)22-15(16-11)17-13(20)8-19-14(21)6-4-10(2)18-19/h3-7H,8H2,1-2H3,(H,16,17,20). The van der Waals surface area contributed by atoms with Gasteiger partial charge in [-0.15, -0.1) is 0 Å². The normalized spacial score (nSPS) is 10.8. The minimum Gasteiger partial charge on any atom is -0.300 e. The van der Waals surface area contributed by atoms with Gasteiger partial charge < -0.3 is 5.32 Å². The number of nitrogens with one attached hydrogen (secondary N) is 1. The van der Waals surface area contributed by atoms with E-state index in [2.05, 4.69) is 15.4 Å². The van der Waals surface area contributed by atoms with Crippen molar-refractivity contribution in [1.29, 1.82) is 0 Å². The third kappa shape index (κ3) is 3.04. The second-order valence-corrected chi connectivity index (χ2v) is 6.04. The molecule has 0 aliphatic heterocycles. The number of nitrogens with zero attached hydrogens (tertiary/aromatic N) is 3. The summed E-state index contributed by atoms with van der Waals surface area (Å²) in [6, 6.07) is 8.94. The smallest absolute Gasteiger partial charge is 0.267 e. The Morgan fingerprint density at radius 2 is 2.09 bits per heavy atom. The molecule has 0 aliphatic carbocycles. The van der Waals surface area contributed by atoms with E-state index in [1.807, 2.05) is 25.1 Å². The van der Waals surface area contributed by atoms with E-state index in [0.29, 0.717) is 10.8 Å². The van der Waals surface area contributed by atoms with Gasteiger partial charge in [-0.05, 0) is 37.6 Å². The predicted octanol–water partition coefficient (Wildman–Crippen LogP) is 2.11. The average molecular weight is 314 g/mol. The van der Waals surface area contributed by atoms with E-state index in [0.717, 1.165) is 20.5 Å². The lowest BCUT2D eigenvalue weighted by Crippen LogP contribution is -2.29. The summed E-state index contributed by atoms with van der Waals surface area (Å²) in [5.41, 5.74) is 2.37. The number of rotatable bonds is 3. The quantitative estimate of drug-likeness (QED) is 0.803. The third-order valence-electron chi connectivity index (χ3n) is 3.08. The van der Waals surface area contributed by atoms with Gasteiger partial charge in [-0.25, -0.2) is 9.67 Å². The van der Waals surface area contributed by atoms with Gasteiger partial charge in [0.1, 0.15) is 6.54 Å². The first-order valence-electron chi connectivity index (χ1n) is 6.73. The molecule has 0 atom stereocenters. The van der Waals surface area contributed by atoms with Crippen LogP contribution in [-0.4, -0.2) is 20.7 Å². The molecule has 112 valence electrons. The van der Waals surface area contributed by atoms with Crippen molar-refractivity contribution < 1.29 is 4.79 Å². The number of amides is 1. The van der Waals surface area contributed by atoms with Gasteiger partial charge in [-0.1, -0.05) is 17.4 Å². The Morgan fingerprint density at radius 3 is 2.91 bits per heavy atom. The monoisotopic (exact) mass is 314 g/mol. The Morgan fingerprint density at radius 1 is 1.27 bits per heavy atom. The molecule has 1 aromatic carbocycles. The summed E-state index contributed by atoms with van der Waals surface area (Å²) >= 11 is 1.41. The topological polar surface area (TPSA) is 76.9 Å². The first-order chi connectivity index (χ1) is 10.5. The zero-order valence-electron chi connectivity index (χ0n) is 12.2. The van der Waals surface area contributed by atoms with E-state index in [1.54, 1.807) is 13.0 Å². The maximum atomic E-state index is 12.0. The Hall–Kier alpha value is -2.54. The van der Waals surface area contributed by atoms with Crippen LogP contribution in [0.25, 0.3) is 10.2 Å². The highest BCUT2D eigenvalue weighted by atomic mass is 32.1. The molecule has 1 N–H and O–H groups in total. The van der Waals surface area contributed by atoms with E-state index in [1.165, 1.54) is 17.4 Å². The van der Waals surface area contributed by atoms with Crippen molar-refractivity contribution >= 4 is 32.6 Å². The lowest BCUT2D eigenvalue weighted by Gasteiger charge is -2.04. The molecule has 22 heavy (non-hydrogen) atoms. The van der Waals surface area contributed by atoms with Crippen LogP contribution >= 0.6 is 11.3 Å². The van der Waals surface area contributed by atoms with Crippen molar-refractivity contribution in [3.63, 3.8) is 0 Å². The summed E-state index contributed by atoms with van der Waals surface area (Å²) in [5, 5.41) is 7.27. The van der Waals surface area contributed by atoms with Crippen LogP contribution in [0.4, 0.5) is 5.13 Å². The van der Waals surface area contributed by atoms with Crippen LogP contribution in [0.15, 0.2) is 35.1 Å². The molecular formula is C15H14N4O2S. The minimum atomic E-state index is -0.323. The Bertz CT molecular complexity index is 913. The first kappa shape index (κ1) is 14.4. The van der Waals surface area contributed by atoms with Crippen molar-refractivity contribution in [2.75, 3.05) is 5.32 Å². The van der Waals surface area contributed by atoms with Gasteiger partial charge in [0.2, 0.25) is 5.91 Å². The highest BCUT2D eigenvalue weighted by Gasteiger charge is 2.10. The number of aryl methyl sites for hydroxylation is 2. The van der Waals surface area contributed by atoms with Gasteiger partial charge >= 0.3 is 0 Å². The number of carbonyl (C=O) groups is 1. The lowest BCUT2D eigenvalue weighted by molar-refractivity contribution is -0.117.